The molecule has 2 rings (SSSR count). The highest BCUT2D eigenvalue weighted by Crippen LogP contribution is 2.25. The van der Waals surface area contributed by atoms with Crippen molar-refractivity contribution >= 4 is 5.97 Å². The number of rotatable bonds is 7. The lowest BCUT2D eigenvalue weighted by molar-refractivity contribution is -0.155. The molecule has 4 nitrogen and oxygen atoms in total. The summed E-state index contributed by atoms with van der Waals surface area (Å²) >= 11 is 0. The molecule has 0 bridgehead atoms. The van der Waals surface area contributed by atoms with Gasteiger partial charge in [0.05, 0.1) is 0 Å². The Balaban J connectivity index is 2.08. The number of benzene rings is 2. The molecule has 0 radical (unpaired) electrons. The van der Waals surface area contributed by atoms with Gasteiger partial charge in [-0.3, -0.25) is 4.79 Å². The van der Waals surface area contributed by atoms with E-state index in [1.54, 1.807) is 6.92 Å². The molecule has 0 spiro atoms. The van der Waals surface area contributed by atoms with Crippen molar-refractivity contribution in [1.82, 2.24) is 0 Å². The van der Waals surface area contributed by atoms with E-state index in [0.29, 0.717) is 0 Å². The van der Waals surface area contributed by atoms with Gasteiger partial charge in [-0.05, 0) is 43.0 Å². The first-order chi connectivity index (χ1) is 11.9. The average Bonchev–Trinajstić information content (AvgIpc) is 2.60. The van der Waals surface area contributed by atoms with E-state index in [1.165, 1.54) is 0 Å². The zero-order valence-electron chi connectivity index (χ0n) is 15.3. The first kappa shape index (κ1) is 19.0. The van der Waals surface area contributed by atoms with E-state index in [9.17, 15) is 4.79 Å². The van der Waals surface area contributed by atoms with Gasteiger partial charge in [0.1, 0.15) is 24.0 Å². The van der Waals surface area contributed by atoms with E-state index in [1.807, 2.05) is 63.2 Å². The van der Waals surface area contributed by atoms with Crippen molar-refractivity contribution in [1.29, 1.82) is 0 Å². The second kappa shape index (κ2) is 8.67. The summed E-state index contributed by atoms with van der Waals surface area (Å²) in [6.45, 7) is 7.53. The minimum Gasteiger partial charge on any atom is -0.486 e. The Morgan fingerprint density at radius 2 is 1.44 bits per heavy atom. The predicted octanol–water partition coefficient (Wildman–Crippen LogP) is 4.04. The van der Waals surface area contributed by atoms with Gasteiger partial charge in [0.25, 0.3) is 0 Å². The van der Waals surface area contributed by atoms with Crippen molar-refractivity contribution in [2.24, 2.45) is 11.7 Å². The van der Waals surface area contributed by atoms with Crippen LogP contribution in [0.2, 0.25) is 0 Å². The van der Waals surface area contributed by atoms with E-state index < -0.39 is 12.0 Å². The summed E-state index contributed by atoms with van der Waals surface area (Å²) in [6.07, 6.45) is -0.627. The Hall–Kier alpha value is -2.33. The highest BCUT2D eigenvalue weighted by molar-refractivity contribution is 5.75. The van der Waals surface area contributed by atoms with Crippen LogP contribution in [-0.4, -0.2) is 24.2 Å². The monoisotopic (exact) mass is 341 g/mol. The van der Waals surface area contributed by atoms with Gasteiger partial charge in [0.2, 0.25) is 0 Å². The second-order valence-corrected chi connectivity index (χ2v) is 6.65. The molecule has 2 N–H and O–H groups in total. The molecular formula is C21H27NO3. The van der Waals surface area contributed by atoms with Crippen LogP contribution in [0.3, 0.4) is 0 Å². The van der Waals surface area contributed by atoms with Gasteiger partial charge < -0.3 is 15.2 Å². The van der Waals surface area contributed by atoms with Crippen molar-refractivity contribution in [3.8, 4) is 16.9 Å². The fourth-order valence-corrected chi connectivity index (χ4v) is 2.65. The summed E-state index contributed by atoms with van der Waals surface area (Å²) in [6, 6.07) is 17.5. The van der Waals surface area contributed by atoms with E-state index >= 15 is 0 Å². The van der Waals surface area contributed by atoms with Crippen LogP contribution in [0.1, 0.15) is 27.7 Å². The molecule has 0 unspecified atom stereocenters. The number of hydrogen-bond acceptors (Lipinski definition) is 4. The molecule has 2 aromatic rings. The van der Waals surface area contributed by atoms with Gasteiger partial charge in [-0.2, -0.15) is 0 Å². The number of esters is 1. The third-order valence-electron chi connectivity index (χ3n) is 4.03. The molecule has 0 aliphatic carbocycles. The van der Waals surface area contributed by atoms with Gasteiger partial charge in [-0.25, -0.2) is 0 Å². The molecule has 2 aromatic carbocycles. The molecule has 25 heavy (non-hydrogen) atoms. The van der Waals surface area contributed by atoms with E-state index in [4.69, 9.17) is 15.2 Å². The highest BCUT2D eigenvalue weighted by atomic mass is 16.6. The van der Waals surface area contributed by atoms with Crippen molar-refractivity contribution in [2.45, 2.75) is 45.9 Å². The highest BCUT2D eigenvalue weighted by Gasteiger charge is 2.27. The summed E-state index contributed by atoms with van der Waals surface area (Å²) in [5, 5.41) is 0. The minimum atomic E-state index is -0.639. The number of nitrogens with two attached hydrogens (primary N) is 1. The maximum Gasteiger partial charge on any atom is 0.323 e. The fourth-order valence-electron chi connectivity index (χ4n) is 2.65. The smallest absolute Gasteiger partial charge is 0.323 e. The summed E-state index contributed by atoms with van der Waals surface area (Å²) in [4.78, 5) is 11.7. The van der Waals surface area contributed by atoms with Crippen LogP contribution < -0.4 is 10.5 Å². The maximum absolute atomic E-state index is 11.7. The molecular weight excluding hydrogens is 314 g/mol. The minimum absolute atomic E-state index is 0.185. The zero-order chi connectivity index (χ0) is 18.4. The van der Waals surface area contributed by atoms with Gasteiger partial charge in [0.15, 0.2) is 0 Å². The van der Waals surface area contributed by atoms with Crippen molar-refractivity contribution in [2.75, 3.05) is 0 Å². The largest absolute Gasteiger partial charge is 0.486 e. The first-order valence-corrected chi connectivity index (χ1v) is 8.66. The molecule has 0 heterocycles. The Morgan fingerprint density at radius 1 is 0.880 bits per heavy atom. The van der Waals surface area contributed by atoms with Crippen molar-refractivity contribution in [3.05, 3.63) is 54.6 Å². The van der Waals surface area contributed by atoms with Gasteiger partial charge >= 0.3 is 5.97 Å². The Labute approximate surface area is 150 Å². The van der Waals surface area contributed by atoms with Crippen LogP contribution in [0.25, 0.3) is 11.1 Å². The molecule has 0 aliphatic heterocycles. The third-order valence-corrected chi connectivity index (χ3v) is 4.03. The Bertz CT molecular complexity index is 665. The standard InChI is InChI=1S/C21H27NO3/c1-14(2)20(16(4)24-21(23)15(3)22)25-19-12-10-18(11-13-19)17-8-6-5-7-9-17/h5-16,20H,22H2,1-4H3/t15-,16-,20+/m0/s1. The van der Waals surface area contributed by atoms with Crippen LogP contribution in [0, 0.1) is 5.92 Å². The number of carbonyl (C=O) groups is 1. The molecule has 3 atom stereocenters. The lowest BCUT2D eigenvalue weighted by Crippen LogP contribution is -2.41. The van der Waals surface area contributed by atoms with Crippen LogP contribution in [0.5, 0.6) is 5.75 Å². The number of hydrogen-bond donors (Lipinski definition) is 1. The molecule has 0 aromatic heterocycles. The van der Waals surface area contributed by atoms with E-state index in [-0.39, 0.29) is 18.1 Å². The topological polar surface area (TPSA) is 61.5 Å². The first-order valence-electron chi connectivity index (χ1n) is 8.66. The van der Waals surface area contributed by atoms with E-state index in [2.05, 4.69) is 12.1 Å². The lowest BCUT2D eigenvalue weighted by Gasteiger charge is -2.28. The van der Waals surface area contributed by atoms with Crippen LogP contribution in [0.15, 0.2) is 54.6 Å². The molecule has 0 amide bonds. The lowest BCUT2D eigenvalue weighted by atomic mass is 10.0. The summed E-state index contributed by atoms with van der Waals surface area (Å²) in [5.41, 5.74) is 7.86. The zero-order valence-corrected chi connectivity index (χ0v) is 15.3. The van der Waals surface area contributed by atoms with Gasteiger partial charge in [0, 0.05) is 0 Å². The Morgan fingerprint density at radius 3 is 1.96 bits per heavy atom. The quantitative estimate of drug-likeness (QED) is 0.772. The molecule has 134 valence electrons. The molecule has 0 saturated heterocycles. The molecule has 0 saturated carbocycles. The van der Waals surface area contributed by atoms with Crippen molar-refractivity contribution < 1.29 is 14.3 Å². The summed E-state index contributed by atoms with van der Waals surface area (Å²) in [5.74, 6) is 0.521. The van der Waals surface area contributed by atoms with Gasteiger partial charge in [-0.1, -0.05) is 56.3 Å². The molecule has 4 heteroatoms. The van der Waals surface area contributed by atoms with Crippen LogP contribution in [-0.2, 0) is 9.53 Å². The van der Waals surface area contributed by atoms with Crippen LogP contribution >= 0.6 is 0 Å². The van der Waals surface area contributed by atoms with Crippen molar-refractivity contribution in [3.63, 3.8) is 0 Å². The average molecular weight is 341 g/mol. The van der Waals surface area contributed by atoms with Crippen LogP contribution in [0.4, 0.5) is 0 Å². The maximum atomic E-state index is 11.7. The normalized spacial score (nSPS) is 14.6. The predicted molar refractivity (Wildman–Crippen MR) is 100 cm³/mol. The summed E-state index contributed by atoms with van der Waals surface area (Å²) < 4.78 is 11.5. The summed E-state index contributed by atoms with van der Waals surface area (Å²) in [7, 11) is 0. The second-order valence-electron chi connectivity index (χ2n) is 6.65. The van der Waals surface area contributed by atoms with Gasteiger partial charge in [-0.15, -0.1) is 0 Å². The third kappa shape index (κ3) is 5.33. The molecule has 0 aliphatic rings. The molecule has 0 fully saturated rings. The Kier molecular flexibility index (Phi) is 6.59. The number of carbonyl (C=O) groups excluding carboxylic acids is 1. The van der Waals surface area contributed by atoms with E-state index in [0.717, 1.165) is 16.9 Å². The number of ether oxygens (including phenoxy) is 2. The SMILES string of the molecule is CC(C)[C@@H](Oc1ccc(-c2ccccc2)cc1)[C@H](C)OC(=O)[C@H](C)N. The fraction of sp³-hybridized carbons (Fsp3) is 0.381.